The van der Waals surface area contributed by atoms with Crippen LogP contribution >= 0.6 is 23.5 Å². The third kappa shape index (κ3) is 7.63. The van der Waals surface area contributed by atoms with Gasteiger partial charge in [0.05, 0.1) is 41.5 Å². The summed E-state index contributed by atoms with van der Waals surface area (Å²) in [5.74, 6) is -3.52. The number of benzene rings is 1. The Hall–Kier alpha value is -4.06. The lowest BCUT2D eigenvalue weighted by Crippen LogP contribution is -2.78. The molecule has 64 heavy (non-hydrogen) atoms. The minimum Gasteiger partial charge on any atom is -0.482 e. The molecule has 20 nitrogen and oxygen atoms in total. The molecule has 3 saturated carbocycles. The predicted molar refractivity (Wildman–Crippen MR) is 228 cm³/mol. The fraction of sp³-hybridized carbons (Fsp3) is 0.537. The second-order valence-electron chi connectivity index (χ2n) is 18.3. The number of hydrogen-bond donors (Lipinski definition) is 4. The topological polar surface area (TPSA) is 274 Å². The maximum absolute atomic E-state index is 15.4. The second-order valence-corrected chi connectivity index (χ2v) is 22.6. The quantitative estimate of drug-likeness (QED) is 0.0636. The van der Waals surface area contributed by atoms with Crippen molar-refractivity contribution in [1.29, 1.82) is 0 Å². The van der Waals surface area contributed by atoms with Gasteiger partial charge in [-0.15, -0.1) is 5.10 Å². The fourth-order valence-electron chi connectivity index (χ4n) is 10.5. The van der Waals surface area contributed by atoms with E-state index in [0.29, 0.717) is 18.4 Å². The molecule has 1 saturated heterocycles. The number of esters is 1. The van der Waals surface area contributed by atoms with Crippen molar-refractivity contribution in [2.24, 2.45) is 22.7 Å². The van der Waals surface area contributed by atoms with Gasteiger partial charge in [0.2, 0.25) is 0 Å². The monoisotopic (exact) mass is 948 g/mol. The van der Waals surface area contributed by atoms with Crippen LogP contribution in [0.25, 0.3) is 6.08 Å². The lowest BCUT2D eigenvalue weighted by molar-refractivity contribution is -0.206. The number of allylic oxidation sites excluding steroid dienone is 4. The van der Waals surface area contributed by atoms with Gasteiger partial charge >= 0.3 is 29.4 Å². The Balaban J connectivity index is 1.45. The van der Waals surface area contributed by atoms with E-state index in [4.69, 9.17) is 28.5 Å². The molecule has 4 fully saturated rings. The number of ether oxygens (including phenoxy) is 4. The molecule has 4 N–H and O–H groups in total. The van der Waals surface area contributed by atoms with Crippen LogP contribution in [0.1, 0.15) is 104 Å². The maximum Gasteiger partial charge on any atom is 0.536 e. The van der Waals surface area contributed by atoms with E-state index in [-0.39, 0.29) is 64.9 Å². The van der Waals surface area contributed by atoms with Crippen LogP contribution < -0.4 is 14.0 Å². The number of fused-ring (bicyclic) bond motifs is 5. The summed E-state index contributed by atoms with van der Waals surface area (Å²) in [6, 6.07) is -0.808. The molecule has 4 aliphatic heterocycles. The van der Waals surface area contributed by atoms with Gasteiger partial charge in [-0.2, -0.15) is 13.6 Å². The first kappa shape index (κ1) is 46.5. The van der Waals surface area contributed by atoms with Gasteiger partial charge in [-0.05, 0) is 93.2 Å². The van der Waals surface area contributed by atoms with Gasteiger partial charge in [0, 0.05) is 29.4 Å². The zero-order valence-corrected chi connectivity index (χ0v) is 39.3. The molecule has 1 spiro atoms. The Morgan fingerprint density at radius 1 is 0.969 bits per heavy atom. The van der Waals surface area contributed by atoms with Crippen LogP contribution in [-0.2, 0) is 47.8 Å². The van der Waals surface area contributed by atoms with E-state index in [1.54, 1.807) is 29.8 Å². The smallest absolute Gasteiger partial charge is 0.482 e. The molecule has 1 aromatic heterocycles. The number of ketones is 1. The molecule has 9 atom stereocenters. The average molecular weight is 949 g/mol. The highest BCUT2D eigenvalue weighted by atomic mass is 31.3. The molecule has 9 rings (SSSR count). The van der Waals surface area contributed by atoms with Crippen LogP contribution in [0.15, 0.2) is 52.3 Å². The first-order chi connectivity index (χ1) is 29.7. The molecular formula is C41H51N4O16P3. The van der Waals surface area contributed by atoms with Crippen LogP contribution in [0.4, 0.5) is 5.95 Å². The molecule has 2 aromatic rings. The lowest BCUT2D eigenvalue weighted by Gasteiger charge is -2.63. The number of nitrogens with zero attached hydrogens (tertiary/aromatic N) is 4. The van der Waals surface area contributed by atoms with Gasteiger partial charge in [0.15, 0.2) is 22.7 Å². The maximum atomic E-state index is 15.4. The third-order valence-electron chi connectivity index (χ3n) is 12.9. The number of rotatable bonds is 14. The highest BCUT2D eigenvalue weighted by Crippen LogP contribution is 2.74. The SMILES string of the molecule is COC(=O)C(C)=CCC12OC(C)(C)C3CC(C1=O)C1C4C(=Nc5ncn1n5)c1c(OP(=O)(O)OP(=O)(O)OP(=O)(O)O)c5c(c(CC=C(C)C)c1OC432)OC(C)(CCC=C(C)C)C=C5. The molecule has 5 heterocycles. The molecule has 0 radical (unpaired) electrons. The van der Waals surface area contributed by atoms with Gasteiger partial charge in [0.25, 0.3) is 5.95 Å². The summed E-state index contributed by atoms with van der Waals surface area (Å²) >= 11 is 0. The second kappa shape index (κ2) is 15.5. The highest BCUT2D eigenvalue weighted by Gasteiger charge is 2.85. The Labute approximate surface area is 368 Å². The minimum atomic E-state index is -6.00. The van der Waals surface area contributed by atoms with E-state index in [1.165, 1.54) is 13.4 Å². The zero-order valence-electron chi connectivity index (χ0n) is 36.6. The summed E-state index contributed by atoms with van der Waals surface area (Å²) in [4.78, 5) is 77.8. The number of phosphoric ester groups is 1. The number of carbonyl (C=O) groups is 2. The van der Waals surface area contributed by atoms with E-state index in [9.17, 15) is 38.1 Å². The van der Waals surface area contributed by atoms with Crippen LogP contribution in [0.3, 0.4) is 0 Å². The standard InChI is InChI=1S/C41H51N4O16P3/c1-21(2)11-10-16-39(8)17-15-25-32(56-39)24(13-12-22(3)4)33-28(34(25)58-63(51,52)61-64(53,54)60-62(48,49)50)30-29-31(45-20-42-37(43-30)44-45)26-19-27-38(6,7)59-40(35(26)46,41(27,29)57-33)18-14-23(5)36(47)55-9/h11-12,14-15,17,20,26-27,29,31H,10,13,16,18-19H2,1-9H3,(H,51,52)(H,53,54)(H2,48,49,50). The normalized spacial score (nSPS) is 30.8. The third-order valence-corrected chi connectivity index (χ3v) is 16.6. The van der Waals surface area contributed by atoms with Crippen molar-refractivity contribution in [3.8, 4) is 17.2 Å². The van der Waals surface area contributed by atoms with Crippen LogP contribution in [-0.4, -0.2) is 81.3 Å². The summed E-state index contributed by atoms with van der Waals surface area (Å²) < 4.78 is 80.7. The summed E-state index contributed by atoms with van der Waals surface area (Å²) in [6.45, 7) is 14.9. The molecule has 6 bridgehead atoms. The first-order valence-electron chi connectivity index (χ1n) is 20.6. The number of phosphoric acid groups is 3. The van der Waals surface area contributed by atoms with E-state index in [1.807, 2.05) is 54.5 Å². The summed E-state index contributed by atoms with van der Waals surface area (Å²) in [6.07, 6.45) is 11.8. The number of Topliss-reactive ketones (excluding diaryl/α,β-unsaturated/α-hetero) is 1. The van der Waals surface area contributed by atoms with E-state index >= 15 is 4.79 Å². The van der Waals surface area contributed by atoms with Gasteiger partial charge in [-0.25, -0.2) is 28.2 Å². The average Bonchev–Trinajstić information content (AvgIpc) is 3.61. The Morgan fingerprint density at radius 3 is 2.33 bits per heavy atom. The lowest BCUT2D eigenvalue weighted by atomic mass is 9.44. The Kier molecular flexibility index (Phi) is 11.3. The molecular weight excluding hydrogens is 897 g/mol. The molecule has 346 valence electrons. The van der Waals surface area contributed by atoms with Crippen LogP contribution in [0.5, 0.6) is 17.2 Å². The predicted octanol–water partition coefficient (Wildman–Crippen LogP) is 7.10. The van der Waals surface area contributed by atoms with Crippen LogP contribution in [0, 0.1) is 17.8 Å². The van der Waals surface area contributed by atoms with E-state index in [0.717, 1.165) is 11.1 Å². The van der Waals surface area contributed by atoms with E-state index in [2.05, 4.69) is 24.8 Å². The zero-order chi connectivity index (χ0) is 46.7. The number of aliphatic imine (C=N–C) groups is 1. The number of hydrogen-bond acceptors (Lipinski definition) is 15. The molecule has 0 amide bonds. The molecule has 7 aliphatic rings. The minimum absolute atomic E-state index is 0.00967. The Bertz CT molecular complexity index is 2670. The fourth-order valence-corrected chi connectivity index (χ4v) is 13.5. The van der Waals surface area contributed by atoms with E-state index < -0.39 is 81.4 Å². The summed E-state index contributed by atoms with van der Waals surface area (Å²) in [7, 11) is -16.4. The molecule has 1 aromatic carbocycles. The van der Waals surface area contributed by atoms with Gasteiger partial charge in [-0.3, -0.25) is 9.69 Å². The number of aromatic nitrogens is 3. The molecule has 23 heteroatoms. The first-order valence-corrected chi connectivity index (χ1v) is 25.1. The van der Waals surface area contributed by atoms with Gasteiger partial charge < -0.3 is 38.2 Å². The van der Waals surface area contributed by atoms with Gasteiger partial charge in [0.1, 0.15) is 23.4 Å². The van der Waals surface area contributed by atoms with Crippen molar-refractivity contribution in [2.45, 2.75) is 116 Å². The Morgan fingerprint density at radius 2 is 1.67 bits per heavy atom. The molecule has 9 unspecified atom stereocenters. The van der Waals surface area contributed by atoms with Gasteiger partial charge in [-0.1, -0.05) is 29.4 Å². The largest absolute Gasteiger partial charge is 0.536 e. The molecule has 3 aliphatic carbocycles. The van der Waals surface area contributed by atoms with Crippen molar-refractivity contribution < 1.29 is 75.0 Å². The van der Waals surface area contributed by atoms with Crippen molar-refractivity contribution in [3.05, 3.63) is 64.0 Å². The summed E-state index contributed by atoms with van der Waals surface area (Å²) in [5, 5.41) is 4.64. The van der Waals surface area contributed by atoms with Crippen LogP contribution in [0.2, 0.25) is 0 Å². The number of methoxy groups -OCH3 is 1. The van der Waals surface area contributed by atoms with Crippen molar-refractivity contribution in [3.63, 3.8) is 0 Å². The van der Waals surface area contributed by atoms with Crippen molar-refractivity contribution in [1.82, 2.24) is 14.8 Å². The van der Waals surface area contributed by atoms with Crippen molar-refractivity contribution >= 4 is 53.0 Å². The van der Waals surface area contributed by atoms with Crippen molar-refractivity contribution in [2.75, 3.05) is 7.11 Å². The summed E-state index contributed by atoms with van der Waals surface area (Å²) in [5.41, 5.74) is -2.58. The number of carbonyl (C=O) groups excluding carboxylic acids is 2. The highest BCUT2D eigenvalue weighted by molar-refractivity contribution is 7.66.